The van der Waals surface area contributed by atoms with Crippen LogP contribution in [0.4, 0.5) is 0 Å². The number of nitrogens with one attached hydrogen (secondary N) is 1. The number of aryl methyl sites for hydroxylation is 1. The molecule has 0 fully saturated rings. The van der Waals surface area contributed by atoms with E-state index in [1.807, 2.05) is 17.5 Å². The SMILES string of the molecule is O=C(CCCc1cccs1)N[C@@H](CO)C(=O)O. The van der Waals surface area contributed by atoms with Crippen LogP contribution in [0.15, 0.2) is 17.5 Å². The third-order valence-electron chi connectivity index (χ3n) is 2.22. The quantitative estimate of drug-likeness (QED) is 0.668. The van der Waals surface area contributed by atoms with Gasteiger partial charge in [0.15, 0.2) is 0 Å². The first kappa shape index (κ1) is 13.7. The smallest absolute Gasteiger partial charge is 0.328 e. The molecule has 94 valence electrons. The highest BCUT2D eigenvalue weighted by atomic mass is 32.1. The van der Waals surface area contributed by atoms with Gasteiger partial charge < -0.3 is 15.5 Å². The molecule has 6 heteroatoms. The van der Waals surface area contributed by atoms with E-state index in [4.69, 9.17) is 10.2 Å². The number of aliphatic hydroxyl groups is 1. The molecule has 17 heavy (non-hydrogen) atoms. The van der Waals surface area contributed by atoms with Crippen LogP contribution in [0.2, 0.25) is 0 Å². The lowest BCUT2D eigenvalue weighted by Crippen LogP contribution is -2.43. The summed E-state index contributed by atoms with van der Waals surface area (Å²) in [6.07, 6.45) is 1.74. The number of carboxylic acids is 1. The van der Waals surface area contributed by atoms with Gasteiger partial charge in [-0.2, -0.15) is 0 Å². The molecular weight excluding hydrogens is 242 g/mol. The Morgan fingerprint density at radius 1 is 1.47 bits per heavy atom. The van der Waals surface area contributed by atoms with Crippen LogP contribution in [0.25, 0.3) is 0 Å². The minimum absolute atomic E-state index is 0.266. The van der Waals surface area contributed by atoms with Crippen molar-refractivity contribution in [1.82, 2.24) is 5.32 Å². The van der Waals surface area contributed by atoms with Crippen molar-refractivity contribution < 1.29 is 19.8 Å². The average Bonchev–Trinajstić information content (AvgIpc) is 2.78. The molecule has 0 aliphatic heterocycles. The molecule has 1 rings (SSSR count). The van der Waals surface area contributed by atoms with E-state index in [2.05, 4.69) is 5.32 Å². The first-order valence-electron chi connectivity index (χ1n) is 5.29. The highest BCUT2D eigenvalue weighted by Gasteiger charge is 2.18. The van der Waals surface area contributed by atoms with E-state index in [-0.39, 0.29) is 12.3 Å². The summed E-state index contributed by atoms with van der Waals surface area (Å²) in [7, 11) is 0. The van der Waals surface area contributed by atoms with Crippen molar-refractivity contribution in [3.05, 3.63) is 22.4 Å². The molecule has 1 amide bonds. The van der Waals surface area contributed by atoms with Gasteiger partial charge in [-0.15, -0.1) is 11.3 Å². The van der Waals surface area contributed by atoms with Crippen LogP contribution in [0, 0.1) is 0 Å². The number of hydrogen-bond donors (Lipinski definition) is 3. The van der Waals surface area contributed by atoms with Crippen LogP contribution in [-0.2, 0) is 16.0 Å². The van der Waals surface area contributed by atoms with Crippen LogP contribution >= 0.6 is 11.3 Å². The highest BCUT2D eigenvalue weighted by Crippen LogP contribution is 2.11. The van der Waals surface area contributed by atoms with Crippen LogP contribution in [0.1, 0.15) is 17.7 Å². The third kappa shape index (κ3) is 4.97. The fourth-order valence-corrected chi connectivity index (χ4v) is 2.08. The van der Waals surface area contributed by atoms with Crippen molar-refractivity contribution in [2.24, 2.45) is 0 Å². The van der Waals surface area contributed by atoms with Gasteiger partial charge in [-0.05, 0) is 24.3 Å². The van der Waals surface area contributed by atoms with Gasteiger partial charge in [-0.3, -0.25) is 4.79 Å². The lowest BCUT2D eigenvalue weighted by atomic mass is 10.2. The number of carbonyl (C=O) groups excluding carboxylic acids is 1. The Bertz CT molecular complexity index is 364. The van der Waals surface area contributed by atoms with E-state index >= 15 is 0 Å². The number of hydrogen-bond acceptors (Lipinski definition) is 4. The predicted octanol–water partition coefficient (Wildman–Crippen LogP) is 0.632. The first-order valence-corrected chi connectivity index (χ1v) is 6.17. The van der Waals surface area contributed by atoms with Gasteiger partial charge in [-0.25, -0.2) is 4.79 Å². The molecule has 0 bridgehead atoms. The number of aliphatic hydroxyl groups excluding tert-OH is 1. The summed E-state index contributed by atoms with van der Waals surface area (Å²) in [5, 5.41) is 21.6. The predicted molar refractivity (Wildman–Crippen MR) is 63.9 cm³/mol. The molecule has 0 radical (unpaired) electrons. The highest BCUT2D eigenvalue weighted by molar-refractivity contribution is 7.09. The van der Waals surface area contributed by atoms with Gasteiger partial charge in [-0.1, -0.05) is 6.07 Å². The molecular formula is C11H15NO4S. The summed E-state index contributed by atoms with van der Waals surface area (Å²) < 4.78 is 0. The normalized spacial score (nSPS) is 12.1. The number of thiophene rings is 1. The number of carboxylic acid groups (broad SMARTS) is 1. The van der Waals surface area contributed by atoms with Crippen molar-refractivity contribution in [3.63, 3.8) is 0 Å². The molecule has 0 aliphatic carbocycles. The minimum Gasteiger partial charge on any atom is -0.480 e. The second kappa shape index (κ2) is 7.03. The van der Waals surface area contributed by atoms with Gasteiger partial charge in [0.1, 0.15) is 6.04 Å². The maximum absolute atomic E-state index is 11.4. The summed E-state index contributed by atoms with van der Waals surface area (Å²) in [6.45, 7) is -0.591. The van der Waals surface area contributed by atoms with E-state index in [0.29, 0.717) is 6.42 Å². The zero-order valence-corrected chi connectivity index (χ0v) is 10.1. The van der Waals surface area contributed by atoms with E-state index in [1.165, 1.54) is 4.88 Å². The Morgan fingerprint density at radius 3 is 2.76 bits per heavy atom. The topological polar surface area (TPSA) is 86.6 Å². The zero-order chi connectivity index (χ0) is 12.7. The zero-order valence-electron chi connectivity index (χ0n) is 9.26. The fourth-order valence-electron chi connectivity index (χ4n) is 1.33. The lowest BCUT2D eigenvalue weighted by Gasteiger charge is -2.11. The Kier molecular flexibility index (Phi) is 5.65. The third-order valence-corrected chi connectivity index (χ3v) is 3.16. The Hall–Kier alpha value is -1.40. The first-order chi connectivity index (χ1) is 8.13. The van der Waals surface area contributed by atoms with Crippen molar-refractivity contribution in [2.45, 2.75) is 25.3 Å². The maximum Gasteiger partial charge on any atom is 0.328 e. The van der Waals surface area contributed by atoms with Gasteiger partial charge >= 0.3 is 5.97 Å². The van der Waals surface area contributed by atoms with E-state index in [1.54, 1.807) is 11.3 Å². The minimum atomic E-state index is -1.22. The van der Waals surface area contributed by atoms with Gasteiger partial charge in [0, 0.05) is 11.3 Å². The molecule has 0 spiro atoms. The molecule has 0 saturated heterocycles. The fraction of sp³-hybridized carbons (Fsp3) is 0.455. The Balaban J connectivity index is 2.23. The van der Waals surface area contributed by atoms with Crippen molar-refractivity contribution >= 4 is 23.2 Å². The second-order valence-corrected chi connectivity index (χ2v) is 4.61. The van der Waals surface area contributed by atoms with Crippen LogP contribution in [-0.4, -0.2) is 34.7 Å². The number of amides is 1. The molecule has 3 N–H and O–H groups in total. The van der Waals surface area contributed by atoms with Crippen molar-refractivity contribution in [2.75, 3.05) is 6.61 Å². The Morgan fingerprint density at radius 2 is 2.24 bits per heavy atom. The van der Waals surface area contributed by atoms with Crippen LogP contribution < -0.4 is 5.32 Å². The maximum atomic E-state index is 11.4. The molecule has 0 aromatic carbocycles. The standard InChI is InChI=1S/C11H15NO4S/c13-7-9(11(15)16)12-10(14)5-1-3-8-4-2-6-17-8/h2,4,6,9,13H,1,3,5,7H2,(H,12,14)(H,15,16)/t9-/m0/s1. The number of aliphatic carboxylic acids is 1. The Labute approximate surface area is 103 Å². The molecule has 1 aromatic heterocycles. The summed E-state index contributed by atoms with van der Waals surface area (Å²) in [5.74, 6) is -1.57. The monoisotopic (exact) mass is 257 g/mol. The summed E-state index contributed by atoms with van der Waals surface area (Å²) in [5.41, 5.74) is 0. The second-order valence-electron chi connectivity index (χ2n) is 3.57. The van der Waals surface area contributed by atoms with E-state index in [9.17, 15) is 9.59 Å². The lowest BCUT2D eigenvalue weighted by molar-refractivity contribution is -0.142. The van der Waals surface area contributed by atoms with E-state index in [0.717, 1.165) is 6.42 Å². The van der Waals surface area contributed by atoms with Crippen LogP contribution in [0.3, 0.4) is 0 Å². The molecule has 1 aromatic rings. The number of rotatable bonds is 7. The molecule has 1 atom stereocenters. The van der Waals surface area contributed by atoms with Gasteiger partial charge in [0.25, 0.3) is 0 Å². The number of carbonyl (C=O) groups is 2. The van der Waals surface area contributed by atoms with E-state index < -0.39 is 18.6 Å². The molecule has 5 nitrogen and oxygen atoms in total. The van der Waals surface area contributed by atoms with Crippen LogP contribution in [0.5, 0.6) is 0 Å². The average molecular weight is 257 g/mol. The molecule has 0 unspecified atom stereocenters. The van der Waals surface area contributed by atoms with Gasteiger partial charge in [0.05, 0.1) is 6.61 Å². The summed E-state index contributed by atoms with van der Waals surface area (Å²) >= 11 is 1.63. The molecule has 0 saturated carbocycles. The largest absolute Gasteiger partial charge is 0.480 e. The van der Waals surface area contributed by atoms with Crippen molar-refractivity contribution in [1.29, 1.82) is 0 Å². The van der Waals surface area contributed by atoms with Gasteiger partial charge in [0.2, 0.25) is 5.91 Å². The summed E-state index contributed by atoms with van der Waals surface area (Å²) in [6, 6.07) is 2.74. The molecule has 1 heterocycles. The summed E-state index contributed by atoms with van der Waals surface area (Å²) in [4.78, 5) is 23.1. The van der Waals surface area contributed by atoms with Crippen molar-refractivity contribution in [3.8, 4) is 0 Å². The molecule has 0 aliphatic rings.